The highest BCUT2D eigenvalue weighted by Crippen LogP contribution is 2.37. The minimum absolute atomic E-state index is 0.0494. The summed E-state index contributed by atoms with van der Waals surface area (Å²) < 4.78 is 29.1. The standard InChI is InChI=1S/C23H21N5O8S/c1-13(29)24-16-7-9-17(10-8-16)26-22-20(28(33)34)11-15(23(31)32)12-21(22)37(35,36)27-19-6-4-3-5-18(19)25-14(2)30/h3-12,26-27H,1-2H3,(H,24,29)(H,25,30)(H,31,32). The molecule has 3 aromatic carbocycles. The van der Waals surface area contributed by atoms with Crippen molar-refractivity contribution in [3.63, 3.8) is 0 Å². The molecule has 0 radical (unpaired) electrons. The van der Waals surface area contributed by atoms with Crippen molar-refractivity contribution < 1.29 is 32.8 Å². The Kier molecular flexibility index (Phi) is 7.73. The highest BCUT2D eigenvalue weighted by atomic mass is 32.2. The van der Waals surface area contributed by atoms with Crippen LogP contribution < -0.4 is 20.7 Å². The van der Waals surface area contributed by atoms with Crippen molar-refractivity contribution in [2.45, 2.75) is 18.7 Å². The molecule has 3 rings (SSSR count). The largest absolute Gasteiger partial charge is 0.478 e. The summed E-state index contributed by atoms with van der Waals surface area (Å²) in [6, 6.07) is 13.2. The third-order valence-corrected chi connectivity index (χ3v) is 6.16. The van der Waals surface area contributed by atoms with Crippen LogP contribution in [0.15, 0.2) is 65.6 Å². The number of hydrogen-bond acceptors (Lipinski definition) is 8. The number of nitro benzene ring substituents is 1. The summed E-state index contributed by atoms with van der Waals surface area (Å²) in [5.41, 5.74) is -1.22. The Bertz CT molecular complexity index is 1500. The molecular formula is C23H21N5O8S. The summed E-state index contributed by atoms with van der Waals surface area (Å²) in [7, 11) is -4.65. The van der Waals surface area contributed by atoms with Crippen LogP contribution in [0, 0.1) is 10.1 Å². The molecule has 0 atom stereocenters. The van der Waals surface area contributed by atoms with Crippen LogP contribution in [0.4, 0.5) is 34.1 Å². The number of para-hydroxylation sites is 2. The SMILES string of the molecule is CC(=O)Nc1ccc(Nc2c([N+](=O)[O-])cc(C(=O)O)cc2S(=O)(=O)Nc2ccccc2NC(C)=O)cc1. The topological polar surface area (TPSA) is 197 Å². The molecule has 5 N–H and O–H groups in total. The number of amides is 2. The van der Waals surface area contributed by atoms with E-state index in [0.717, 1.165) is 12.1 Å². The normalized spacial score (nSPS) is 10.8. The number of carbonyl (C=O) groups is 3. The van der Waals surface area contributed by atoms with Gasteiger partial charge >= 0.3 is 5.97 Å². The van der Waals surface area contributed by atoms with Gasteiger partial charge in [-0.1, -0.05) is 12.1 Å². The maximum absolute atomic E-state index is 13.4. The summed E-state index contributed by atoms with van der Waals surface area (Å²) in [6.07, 6.45) is 0. The summed E-state index contributed by atoms with van der Waals surface area (Å²) in [5, 5.41) is 29.0. The summed E-state index contributed by atoms with van der Waals surface area (Å²) in [5.74, 6) is -2.37. The fourth-order valence-electron chi connectivity index (χ4n) is 3.26. The molecule has 37 heavy (non-hydrogen) atoms. The number of carboxylic acids is 1. The molecule has 0 aliphatic carbocycles. The number of benzene rings is 3. The van der Waals surface area contributed by atoms with Gasteiger partial charge in [-0.15, -0.1) is 0 Å². The molecule has 14 heteroatoms. The lowest BCUT2D eigenvalue weighted by Gasteiger charge is -2.17. The smallest absolute Gasteiger partial charge is 0.335 e. The quantitative estimate of drug-likeness (QED) is 0.203. The van der Waals surface area contributed by atoms with E-state index in [0.29, 0.717) is 5.69 Å². The number of rotatable bonds is 9. The van der Waals surface area contributed by atoms with E-state index < -0.39 is 48.7 Å². The Hall–Kier alpha value is -4.98. The zero-order chi connectivity index (χ0) is 27.3. The van der Waals surface area contributed by atoms with Crippen molar-refractivity contribution in [3.05, 3.63) is 76.3 Å². The summed E-state index contributed by atoms with van der Waals surface area (Å²) in [4.78, 5) is 44.6. The monoisotopic (exact) mass is 527 g/mol. The molecule has 0 spiro atoms. The number of hydrogen-bond donors (Lipinski definition) is 5. The molecule has 0 aromatic heterocycles. The van der Waals surface area contributed by atoms with Gasteiger partial charge in [0.05, 0.1) is 21.9 Å². The van der Waals surface area contributed by atoms with Crippen LogP contribution in [0.1, 0.15) is 24.2 Å². The van der Waals surface area contributed by atoms with Gasteiger partial charge in [0.1, 0.15) is 10.6 Å². The molecule has 0 unspecified atom stereocenters. The number of nitro groups is 1. The number of nitrogens with one attached hydrogen (secondary N) is 4. The molecule has 13 nitrogen and oxygen atoms in total. The van der Waals surface area contributed by atoms with Gasteiger partial charge in [0.2, 0.25) is 11.8 Å². The van der Waals surface area contributed by atoms with Gasteiger partial charge in [0.15, 0.2) is 0 Å². The fourth-order valence-corrected chi connectivity index (χ4v) is 4.54. The second-order valence-corrected chi connectivity index (χ2v) is 9.30. The van der Waals surface area contributed by atoms with Crippen molar-refractivity contribution in [1.82, 2.24) is 0 Å². The fraction of sp³-hybridized carbons (Fsp3) is 0.0870. The van der Waals surface area contributed by atoms with Crippen molar-refractivity contribution in [2.24, 2.45) is 0 Å². The Balaban J connectivity index is 2.15. The summed E-state index contributed by atoms with van der Waals surface area (Å²) in [6.45, 7) is 2.54. The predicted octanol–water partition coefficient (Wildman–Crippen LogP) is 3.75. The van der Waals surface area contributed by atoms with Crippen molar-refractivity contribution in [2.75, 3.05) is 20.7 Å². The van der Waals surface area contributed by atoms with Crippen LogP contribution in [0.3, 0.4) is 0 Å². The lowest BCUT2D eigenvalue weighted by molar-refractivity contribution is -0.384. The average molecular weight is 528 g/mol. The molecular weight excluding hydrogens is 506 g/mol. The van der Waals surface area contributed by atoms with Gasteiger partial charge < -0.3 is 21.1 Å². The molecule has 0 aliphatic rings. The van der Waals surface area contributed by atoms with Crippen LogP contribution in [0.25, 0.3) is 0 Å². The number of carboxylic acid groups (broad SMARTS) is 1. The molecule has 0 saturated heterocycles. The first-order valence-corrected chi connectivity index (χ1v) is 12.0. The van der Waals surface area contributed by atoms with Gasteiger partial charge in [0, 0.05) is 31.3 Å². The Morgan fingerprint density at radius 2 is 1.43 bits per heavy atom. The maximum Gasteiger partial charge on any atom is 0.335 e. The van der Waals surface area contributed by atoms with E-state index in [1.165, 1.54) is 56.3 Å². The average Bonchev–Trinajstić information content (AvgIpc) is 2.80. The first-order valence-electron chi connectivity index (χ1n) is 10.5. The third kappa shape index (κ3) is 6.58. The van der Waals surface area contributed by atoms with E-state index >= 15 is 0 Å². The Morgan fingerprint density at radius 1 is 0.865 bits per heavy atom. The first-order chi connectivity index (χ1) is 17.4. The van der Waals surface area contributed by atoms with Gasteiger partial charge in [-0.05, 0) is 42.5 Å². The molecule has 0 bridgehead atoms. The lowest BCUT2D eigenvalue weighted by Crippen LogP contribution is -2.18. The van der Waals surface area contributed by atoms with E-state index in [1.54, 1.807) is 6.07 Å². The number of sulfonamides is 1. The van der Waals surface area contributed by atoms with Crippen molar-refractivity contribution in [3.8, 4) is 0 Å². The maximum atomic E-state index is 13.4. The van der Waals surface area contributed by atoms with E-state index in [-0.39, 0.29) is 23.0 Å². The van der Waals surface area contributed by atoms with E-state index in [2.05, 4.69) is 20.7 Å². The Morgan fingerprint density at radius 3 is 1.97 bits per heavy atom. The first kappa shape index (κ1) is 26.6. The molecule has 0 fully saturated rings. The highest BCUT2D eigenvalue weighted by molar-refractivity contribution is 7.93. The van der Waals surface area contributed by atoms with Crippen molar-refractivity contribution in [1.29, 1.82) is 0 Å². The molecule has 0 saturated carbocycles. The molecule has 192 valence electrons. The van der Waals surface area contributed by atoms with Crippen LogP contribution in [0.2, 0.25) is 0 Å². The molecule has 2 amide bonds. The van der Waals surface area contributed by atoms with Gasteiger partial charge in [-0.2, -0.15) is 0 Å². The zero-order valence-corrected chi connectivity index (χ0v) is 20.3. The highest BCUT2D eigenvalue weighted by Gasteiger charge is 2.30. The van der Waals surface area contributed by atoms with Crippen molar-refractivity contribution >= 4 is 61.9 Å². The van der Waals surface area contributed by atoms with Crippen LogP contribution in [-0.2, 0) is 19.6 Å². The van der Waals surface area contributed by atoms with E-state index in [9.17, 15) is 38.0 Å². The minimum Gasteiger partial charge on any atom is -0.478 e. The third-order valence-electron chi connectivity index (χ3n) is 4.77. The second-order valence-electron chi connectivity index (χ2n) is 7.65. The van der Waals surface area contributed by atoms with Gasteiger partial charge in [0.25, 0.3) is 15.7 Å². The van der Waals surface area contributed by atoms with Gasteiger partial charge in [-0.3, -0.25) is 24.4 Å². The molecule has 3 aromatic rings. The van der Waals surface area contributed by atoms with Crippen LogP contribution in [-0.4, -0.2) is 36.2 Å². The number of anilines is 5. The number of aromatic carboxylic acids is 1. The zero-order valence-electron chi connectivity index (χ0n) is 19.4. The van der Waals surface area contributed by atoms with E-state index in [4.69, 9.17) is 0 Å². The Labute approximate surface area is 210 Å². The number of carbonyl (C=O) groups excluding carboxylic acids is 2. The predicted molar refractivity (Wildman–Crippen MR) is 136 cm³/mol. The van der Waals surface area contributed by atoms with E-state index in [1.807, 2.05) is 0 Å². The molecule has 0 heterocycles. The summed E-state index contributed by atoms with van der Waals surface area (Å²) >= 11 is 0. The minimum atomic E-state index is -4.65. The lowest BCUT2D eigenvalue weighted by atomic mass is 10.1. The van der Waals surface area contributed by atoms with Crippen LogP contribution in [0.5, 0.6) is 0 Å². The number of nitrogens with zero attached hydrogens (tertiary/aromatic N) is 1. The van der Waals surface area contributed by atoms with Crippen LogP contribution >= 0.6 is 0 Å². The van der Waals surface area contributed by atoms with Gasteiger partial charge in [-0.25, -0.2) is 13.2 Å². The second kappa shape index (κ2) is 10.7. The molecule has 0 aliphatic heterocycles.